The van der Waals surface area contributed by atoms with Crippen LogP contribution in [0.15, 0.2) is 60.8 Å². The lowest BCUT2D eigenvalue weighted by Crippen LogP contribution is -2.37. The molecule has 0 aliphatic heterocycles. The number of pyridine rings is 1. The molecule has 0 amide bonds. The van der Waals surface area contributed by atoms with Crippen molar-refractivity contribution in [2.75, 3.05) is 5.73 Å². The second kappa shape index (κ2) is 7.29. The number of halogens is 1. The largest absolute Gasteiger partial charge is 0.478 e. The SMILES string of the molecule is CC(C)(Oc1ccc(-c2cnc(N)c(-c3ccc(Cl)cc3)c2)cc1)C(=O)O. The summed E-state index contributed by atoms with van der Waals surface area (Å²) in [5, 5.41) is 9.82. The third-order valence-electron chi connectivity index (χ3n) is 4.15. The molecule has 5 nitrogen and oxygen atoms in total. The Balaban J connectivity index is 1.90. The van der Waals surface area contributed by atoms with Gasteiger partial charge in [-0.3, -0.25) is 0 Å². The van der Waals surface area contributed by atoms with Crippen molar-refractivity contribution in [3.05, 3.63) is 65.8 Å². The molecule has 0 unspecified atom stereocenters. The fraction of sp³-hybridized carbons (Fsp3) is 0.143. The molecule has 2 aromatic carbocycles. The summed E-state index contributed by atoms with van der Waals surface area (Å²) in [4.78, 5) is 15.5. The molecule has 0 saturated carbocycles. The van der Waals surface area contributed by atoms with E-state index in [-0.39, 0.29) is 0 Å². The molecule has 0 spiro atoms. The quantitative estimate of drug-likeness (QED) is 0.655. The van der Waals surface area contributed by atoms with Crippen molar-refractivity contribution in [3.8, 4) is 28.0 Å². The van der Waals surface area contributed by atoms with Gasteiger partial charge in [0.05, 0.1) is 0 Å². The fourth-order valence-corrected chi connectivity index (χ4v) is 2.67. The Kier molecular flexibility index (Phi) is 5.06. The summed E-state index contributed by atoms with van der Waals surface area (Å²) >= 11 is 5.95. The van der Waals surface area contributed by atoms with E-state index >= 15 is 0 Å². The summed E-state index contributed by atoms with van der Waals surface area (Å²) in [6.45, 7) is 3.01. The van der Waals surface area contributed by atoms with Crippen LogP contribution in [-0.2, 0) is 4.79 Å². The van der Waals surface area contributed by atoms with Crippen LogP contribution in [0.3, 0.4) is 0 Å². The minimum Gasteiger partial charge on any atom is -0.478 e. The third-order valence-corrected chi connectivity index (χ3v) is 4.40. The Morgan fingerprint density at radius 2 is 1.63 bits per heavy atom. The molecule has 6 heteroatoms. The number of ether oxygens (including phenoxy) is 1. The van der Waals surface area contributed by atoms with Crippen LogP contribution in [0.4, 0.5) is 5.82 Å². The van der Waals surface area contributed by atoms with Gasteiger partial charge in [0.15, 0.2) is 5.60 Å². The zero-order valence-electron chi connectivity index (χ0n) is 14.9. The number of benzene rings is 2. The molecule has 27 heavy (non-hydrogen) atoms. The second-order valence-corrected chi connectivity index (χ2v) is 7.04. The molecule has 0 radical (unpaired) electrons. The minimum atomic E-state index is -1.30. The molecule has 3 N–H and O–H groups in total. The van der Waals surface area contributed by atoms with E-state index in [2.05, 4.69) is 4.98 Å². The highest BCUT2D eigenvalue weighted by atomic mass is 35.5. The standard InChI is InChI=1S/C21H19ClN2O3/c1-21(2,20(25)26)27-17-9-5-13(6-10-17)15-11-18(19(23)24-12-15)14-3-7-16(22)8-4-14/h3-12H,1-2H3,(H2,23,24)(H,25,26). The summed E-state index contributed by atoms with van der Waals surface area (Å²) in [6.07, 6.45) is 1.70. The highest BCUT2D eigenvalue weighted by Gasteiger charge is 2.29. The van der Waals surface area contributed by atoms with Gasteiger partial charge in [0.1, 0.15) is 11.6 Å². The molecule has 0 bridgehead atoms. The third kappa shape index (κ3) is 4.20. The maximum atomic E-state index is 11.2. The molecule has 138 valence electrons. The van der Waals surface area contributed by atoms with Gasteiger partial charge in [-0.25, -0.2) is 9.78 Å². The predicted molar refractivity (Wildman–Crippen MR) is 107 cm³/mol. The van der Waals surface area contributed by atoms with Crippen molar-refractivity contribution >= 4 is 23.4 Å². The zero-order valence-corrected chi connectivity index (χ0v) is 15.7. The van der Waals surface area contributed by atoms with Gasteiger partial charge >= 0.3 is 5.97 Å². The maximum absolute atomic E-state index is 11.2. The number of aromatic nitrogens is 1. The van der Waals surface area contributed by atoms with Gasteiger partial charge in [-0.05, 0) is 55.3 Å². The lowest BCUT2D eigenvalue weighted by atomic mass is 10.0. The van der Waals surface area contributed by atoms with Crippen LogP contribution < -0.4 is 10.5 Å². The van der Waals surface area contributed by atoms with Crippen molar-refractivity contribution < 1.29 is 14.6 Å². The molecule has 1 heterocycles. The Morgan fingerprint density at radius 1 is 1.04 bits per heavy atom. The molecular weight excluding hydrogens is 364 g/mol. The highest BCUT2D eigenvalue weighted by Crippen LogP contribution is 2.31. The van der Waals surface area contributed by atoms with Crippen molar-refractivity contribution in [3.63, 3.8) is 0 Å². The van der Waals surface area contributed by atoms with Gasteiger partial charge in [-0.2, -0.15) is 0 Å². The number of rotatable bonds is 5. The second-order valence-electron chi connectivity index (χ2n) is 6.61. The number of carboxylic acids is 1. The van der Waals surface area contributed by atoms with Crippen LogP contribution in [0.2, 0.25) is 5.02 Å². The van der Waals surface area contributed by atoms with Gasteiger partial charge in [0.2, 0.25) is 0 Å². The predicted octanol–water partition coefficient (Wildman–Crippen LogP) is 4.89. The number of anilines is 1. The van der Waals surface area contributed by atoms with Crippen LogP contribution in [-0.4, -0.2) is 21.7 Å². The monoisotopic (exact) mass is 382 g/mol. The number of nitrogen functional groups attached to an aromatic ring is 1. The Hall–Kier alpha value is -3.05. The van der Waals surface area contributed by atoms with E-state index in [9.17, 15) is 4.79 Å². The first-order valence-electron chi connectivity index (χ1n) is 8.30. The molecule has 0 fully saturated rings. The summed E-state index contributed by atoms with van der Waals surface area (Å²) in [6, 6.07) is 16.5. The smallest absolute Gasteiger partial charge is 0.347 e. The molecular formula is C21H19ClN2O3. The molecule has 0 aliphatic rings. The van der Waals surface area contributed by atoms with E-state index in [0.717, 1.165) is 22.3 Å². The number of hydrogen-bond donors (Lipinski definition) is 2. The number of aliphatic carboxylic acids is 1. The van der Waals surface area contributed by atoms with E-state index in [4.69, 9.17) is 27.2 Å². The average molecular weight is 383 g/mol. The van der Waals surface area contributed by atoms with Crippen LogP contribution in [0.1, 0.15) is 13.8 Å². The zero-order chi connectivity index (χ0) is 19.6. The Morgan fingerprint density at radius 3 is 2.22 bits per heavy atom. The summed E-state index contributed by atoms with van der Waals surface area (Å²) in [5.74, 6) is -0.112. The van der Waals surface area contributed by atoms with Crippen molar-refractivity contribution in [1.82, 2.24) is 4.98 Å². The van der Waals surface area contributed by atoms with Gasteiger partial charge in [0, 0.05) is 22.3 Å². The highest BCUT2D eigenvalue weighted by molar-refractivity contribution is 6.30. The lowest BCUT2D eigenvalue weighted by Gasteiger charge is -2.21. The first kappa shape index (κ1) is 18.7. The van der Waals surface area contributed by atoms with E-state index in [1.165, 1.54) is 13.8 Å². The Bertz CT molecular complexity index is 968. The summed E-state index contributed by atoms with van der Waals surface area (Å²) in [5.41, 5.74) is 8.28. The van der Waals surface area contributed by atoms with Crippen LogP contribution in [0.5, 0.6) is 5.75 Å². The molecule has 0 saturated heterocycles. The van der Waals surface area contributed by atoms with Gasteiger partial charge < -0.3 is 15.6 Å². The number of nitrogens with zero attached hydrogens (tertiary/aromatic N) is 1. The van der Waals surface area contributed by atoms with E-state index in [0.29, 0.717) is 16.6 Å². The average Bonchev–Trinajstić information content (AvgIpc) is 2.63. The molecule has 3 rings (SSSR count). The number of carbonyl (C=O) groups is 1. The lowest BCUT2D eigenvalue weighted by molar-refractivity contribution is -0.152. The van der Waals surface area contributed by atoms with Crippen molar-refractivity contribution in [2.24, 2.45) is 0 Å². The molecule has 1 aromatic heterocycles. The van der Waals surface area contributed by atoms with Crippen LogP contribution >= 0.6 is 11.6 Å². The fourth-order valence-electron chi connectivity index (χ4n) is 2.55. The van der Waals surface area contributed by atoms with Crippen LogP contribution in [0.25, 0.3) is 22.3 Å². The van der Waals surface area contributed by atoms with Crippen molar-refractivity contribution in [2.45, 2.75) is 19.4 Å². The number of carboxylic acid groups (broad SMARTS) is 1. The van der Waals surface area contributed by atoms with E-state index in [1.807, 2.05) is 30.3 Å². The van der Waals surface area contributed by atoms with E-state index in [1.54, 1.807) is 30.5 Å². The number of hydrogen-bond acceptors (Lipinski definition) is 4. The normalized spacial score (nSPS) is 11.2. The summed E-state index contributed by atoms with van der Waals surface area (Å²) < 4.78 is 5.53. The van der Waals surface area contributed by atoms with Gasteiger partial charge in [0.25, 0.3) is 0 Å². The molecule has 0 atom stereocenters. The number of nitrogens with two attached hydrogens (primary N) is 1. The first-order valence-corrected chi connectivity index (χ1v) is 8.68. The molecule has 3 aromatic rings. The van der Waals surface area contributed by atoms with Crippen molar-refractivity contribution in [1.29, 1.82) is 0 Å². The van der Waals surface area contributed by atoms with Gasteiger partial charge in [-0.1, -0.05) is 35.9 Å². The Labute approximate surface area is 162 Å². The minimum absolute atomic E-state index is 0.434. The van der Waals surface area contributed by atoms with E-state index < -0.39 is 11.6 Å². The van der Waals surface area contributed by atoms with Gasteiger partial charge in [-0.15, -0.1) is 0 Å². The maximum Gasteiger partial charge on any atom is 0.347 e. The molecule has 0 aliphatic carbocycles. The topological polar surface area (TPSA) is 85.4 Å². The summed E-state index contributed by atoms with van der Waals surface area (Å²) in [7, 11) is 0. The van der Waals surface area contributed by atoms with Crippen LogP contribution in [0, 0.1) is 0 Å². The first-order chi connectivity index (χ1) is 12.8.